The summed E-state index contributed by atoms with van der Waals surface area (Å²) in [7, 11) is 0. The quantitative estimate of drug-likeness (QED) is 0.402. The largest absolute Gasteiger partial charge is 0.445 e. The first-order chi connectivity index (χ1) is 19.9. The van der Waals surface area contributed by atoms with E-state index in [-0.39, 0.29) is 24.1 Å². The summed E-state index contributed by atoms with van der Waals surface area (Å²) in [5, 5.41) is 13.5. The molecule has 1 aromatic heterocycles. The van der Waals surface area contributed by atoms with Crippen LogP contribution in [0, 0.1) is 0 Å². The monoisotopic (exact) mass is 598 g/mol. The summed E-state index contributed by atoms with van der Waals surface area (Å²) in [4.78, 5) is 28.9. The molecule has 9 nitrogen and oxygen atoms in total. The van der Waals surface area contributed by atoms with E-state index in [0.29, 0.717) is 49.4 Å². The van der Waals surface area contributed by atoms with Gasteiger partial charge in [0.1, 0.15) is 12.1 Å². The number of ether oxygens (including phenoxy) is 1. The van der Waals surface area contributed by atoms with Crippen LogP contribution in [0.2, 0.25) is 0 Å². The minimum absolute atomic E-state index is 0.0332. The lowest BCUT2D eigenvalue weighted by molar-refractivity contribution is -0.143. The van der Waals surface area contributed by atoms with Crippen molar-refractivity contribution in [2.24, 2.45) is 0 Å². The summed E-state index contributed by atoms with van der Waals surface area (Å²) < 4.78 is 83.6. The van der Waals surface area contributed by atoms with Crippen molar-refractivity contribution in [3.63, 3.8) is 0 Å². The lowest BCUT2D eigenvalue weighted by Gasteiger charge is -2.41. The Balaban J connectivity index is 1.07. The van der Waals surface area contributed by atoms with Crippen LogP contribution in [0.25, 0.3) is 11.0 Å². The van der Waals surface area contributed by atoms with Gasteiger partial charge in [-0.3, -0.25) is 14.8 Å². The number of benzene rings is 2. The second-order valence-corrected chi connectivity index (χ2v) is 10.5. The van der Waals surface area contributed by atoms with Gasteiger partial charge in [0.2, 0.25) is 0 Å². The molecule has 0 radical (unpaired) electrons. The number of fused-ring (bicyclic) bond motifs is 1. The average molecular weight is 599 g/mol. The SMILES string of the molecule is O=C(NC1CCC(N2CCN(C(=O)OCc3cc(C(F)(F)F)cc(C(F)(F)F)c3)CC2)CC1)c1ccc2[nH]nnc2c1. The van der Waals surface area contributed by atoms with Gasteiger partial charge >= 0.3 is 18.4 Å². The highest BCUT2D eigenvalue weighted by atomic mass is 19.4. The Morgan fingerprint density at radius 3 is 2.17 bits per heavy atom. The molecule has 0 atom stereocenters. The molecule has 1 saturated heterocycles. The normalized spacial score (nSPS) is 20.5. The van der Waals surface area contributed by atoms with Gasteiger partial charge in [-0.05, 0) is 67.6 Å². The first-order valence-electron chi connectivity index (χ1n) is 13.4. The van der Waals surface area contributed by atoms with Gasteiger partial charge in [0.25, 0.3) is 5.91 Å². The van der Waals surface area contributed by atoms with Crippen LogP contribution in [0.4, 0.5) is 31.1 Å². The van der Waals surface area contributed by atoms with Crippen molar-refractivity contribution in [2.45, 2.75) is 56.7 Å². The molecule has 3 aromatic rings. The van der Waals surface area contributed by atoms with E-state index in [4.69, 9.17) is 4.74 Å². The number of nitrogens with one attached hydrogen (secondary N) is 2. The van der Waals surface area contributed by atoms with Gasteiger partial charge < -0.3 is 15.0 Å². The highest BCUT2D eigenvalue weighted by Crippen LogP contribution is 2.36. The summed E-state index contributed by atoms with van der Waals surface area (Å²) in [5.74, 6) is -0.171. The zero-order chi connectivity index (χ0) is 30.1. The summed E-state index contributed by atoms with van der Waals surface area (Å²) in [6.45, 7) is 1.02. The minimum Gasteiger partial charge on any atom is -0.445 e. The maximum absolute atomic E-state index is 13.1. The predicted molar refractivity (Wildman–Crippen MR) is 137 cm³/mol. The Morgan fingerprint density at radius 1 is 0.905 bits per heavy atom. The number of halogens is 6. The molecule has 1 aliphatic heterocycles. The van der Waals surface area contributed by atoms with E-state index >= 15 is 0 Å². The summed E-state index contributed by atoms with van der Waals surface area (Å²) in [5.41, 5.74) is -1.45. The average Bonchev–Trinajstić information content (AvgIpc) is 3.43. The fourth-order valence-corrected chi connectivity index (χ4v) is 5.45. The summed E-state index contributed by atoms with van der Waals surface area (Å²) in [6, 6.07) is 6.59. The number of carbonyl (C=O) groups excluding carboxylic acids is 2. The molecule has 42 heavy (non-hydrogen) atoms. The predicted octanol–water partition coefficient (Wildman–Crippen LogP) is 4.99. The number of alkyl halides is 6. The molecule has 0 unspecified atom stereocenters. The molecule has 2 aromatic carbocycles. The number of nitrogens with zero attached hydrogens (tertiary/aromatic N) is 4. The van der Waals surface area contributed by atoms with Crippen molar-refractivity contribution in [1.82, 2.24) is 30.5 Å². The van der Waals surface area contributed by atoms with Crippen molar-refractivity contribution in [3.05, 3.63) is 58.7 Å². The molecule has 1 saturated carbocycles. The van der Waals surface area contributed by atoms with Gasteiger partial charge in [0, 0.05) is 43.8 Å². The molecular formula is C27H28F6N6O3. The Morgan fingerprint density at radius 2 is 1.55 bits per heavy atom. The number of piperazine rings is 1. The smallest absolute Gasteiger partial charge is 0.416 e. The fraction of sp³-hybridized carbons (Fsp3) is 0.481. The highest BCUT2D eigenvalue weighted by molar-refractivity contribution is 5.97. The molecular weight excluding hydrogens is 570 g/mol. The molecule has 0 bridgehead atoms. The van der Waals surface area contributed by atoms with Crippen LogP contribution in [0.1, 0.15) is 52.7 Å². The molecule has 2 heterocycles. The van der Waals surface area contributed by atoms with E-state index in [2.05, 4.69) is 25.6 Å². The van der Waals surface area contributed by atoms with E-state index < -0.39 is 41.7 Å². The van der Waals surface area contributed by atoms with E-state index in [0.717, 1.165) is 31.2 Å². The second kappa shape index (κ2) is 11.8. The summed E-state index contributed by atoms with van der Waals surface area (Å²) in [6.07, 6.45) is -7.45. The van der Waals surface area contributed by atoms with Crippen molar-refractivity contribution >= 4 is 23.0 Å². The third-order valence-electron chi connectivity index (χ3n) is 7.72. The van der Waals surface area contributed by atoms with Crippen molar-refractivity contribution in [2.75, 3.05) is 26.2 Å². The molecule has 226 valence electrons. The third kappa shape index (κ3) is 6.94. The first kappa shape index (κ1) is 29.6. The Bertz CT molecular complexity index is 1390. The van der Waals surface area contributed by atoms with E-state index in [1.54, 1.807) is 18.2 Å². The standard InChI is InChI=1S/C27H28F6N6O3/c28-26(29,30)18-11-16(12-19(14-18)27(31,32)33)15-42-25(41)39-9-7-38(8-10-39)21-4-2-20(3-5-21)34-24(40)17-1-6-22-23(13-17)36-37-35-22/h1,6,11-14,20-21H,2-5,7-10,15H2,(H,34,40)(H,35,36,37). The van der Waals surface area contributed by atoms with Crippen molar-refractivity contribution in [1.29, 1.82) is 0 Å². The third-order valence-corrected chi connectivity index (χ3v) is 7.72. The van der Waals surface area contributed by atoms with E-state index in [9.17, 15) is 35.9 Å². The molecule has 0 spiro atoms. The first-order valence-corrected chi connectivity index (χ1v) is 13.4. The number of carbonyl (C=O) groups is 2. The van der Waals surface area contributed by atoms with Crippen LogP contribution < -0.4 is 5.32 Å². The van der Waals surface area contributed by atoms with E-state index in [1.807, 2.05) is 0 Å². The number of amides is 2. The van der Waals surface area contributed by atoms with E-state index in [1.165, 1.54) is 4.90 Å². The highest BCUT2D eigenvalue weighted by Gasteiger charge is 2.37. The lowest BCUT2D eigenvalue weighted by atomic mass is 9.89. The zero-order valence-corrected chi connectivity index (χ0v) is 22.3. The number of aromatic nitrogens is 3. The zero-order valence-electron chi connectivity index (χ0n) is 22.3. The van der Waals surface area contributed by atoms with Crippen LogP contribution in [0.5, 0.6) is 0 Å². The van der Waals surface area contributed by atoms with Crippen LogP contribution >= 0.6 is 0 Å². The maximum atomic E-state index is 13.1. The van der Waals surface area contributed by atoms with Crippen molar-refractivity contribution in [3.8, 4) is 0 Å². The topological polar surface area (TPSA) is 103 Å². The molecule has 1 aliphatic carbocycles. The Kier molecular flexibility index (Phi) is 8.30. The number of hydrogen-bond donors (Lipinski definition) is 2. The number of H-pyrrole nitrogens is 1. The number of hydrogen-bond acceptors (Lipinski definition) is 6. The van der Waals surface area contributed by atoms with Gasteiger partial charge in [-0.25, -0.2) is 4.79 Å². The molecule has 15 heteroatoms. The van der Waals surface area contributed by atoms with Gasteiger partial charge in [0.15, 0.2) is 0 Å². The van der Waals surface area contributed by atoms with Crippen molar-refractivity contribution < 1.29 is 40.7 Å². The molecule has 5 rings (SSSR count). The molecule has 2 N–H and O–H groups in total. The maximum Gasteiger partial charge on any atom is 0.416 e. The summed E-state index contributed by atoms with van der Waals surface area (Å²) >= 11 is 0. The van der Waals surface area contributed by atoms with Gasteiger partial charge in [-0.1, -0.05) is 5.21 Å². The van der Waals surface area contributed by atoms with Gasteiger partial charge in [-0.2, -0.15) is 26.3 Å². The van der Waals surface area contributed by atoms with Crippen LogP contribution in [0.3, 0.4) is 0 Å². The fourth-order valence-electron chi connectivity index (χ4n) is 5.45. The molecule has 2 amide bonds. The Hall–Kier alpha value is -3.88. The molecule has 2 aliphatic rings. The van der Waals surface area contributed by atoms with Crippen LogP contribution in [-0.2, 0) is 23.7 Å². The second-order valence-electron chi connectivity index (χ2n) is 10.5. The number of aromatic amines is 1. The lowest BCUT2D eigenvalue weighted by Crippen LogP contribution is -2.53. The van der Waals surface area contributed by atoms with Gasteiger partial charge in [-0.15, -0.1) is 5.10 Å². The minimum atomic E-state index is -4.98. The number of rotatable bonds is 5. The molecule has 2 fully saturated rings. The van der Waals surface area contributed by atoms with Crippen LogP contribution in [0.15, 0.2) is 36.4 Å². The van der Waals surface area contributed by atoms with Crippen LogP contribution in [-0.4, -0.2) is 75.5 Å². The Labute approximate surface area is 236 Å². The van der Waals surface area contributed by atoms with Gasteiger partial charge in [0.05, 0.1) is 16.6 Å².